The van der Waals surface area contributed by atoms with Crippen molar-refractivity contribution >= 4 is 9.84 Å². The number of rotatable bonds is 5. The lowest BCUT2D eigenvalue weighted by Gasteiger charge is -2.11. The number of benzene rings is 1. The fourth-order valence-corrected chi connectivity index (χ4v) is 3.46. The Bertz CT molecular complexity index is 492. The predicted octanol–water partition coefficient (Wildman–Crippen LogP) is 2.00. The Labute approximate surface area is 104 Å². The minimum Gasteiger partial charge on any atom is -0.320 e. The summed E-state index contributed by atoms with van der Waals surface area (Å²) in [7, 11) is -1.32. The number of nitrogens with one attached hydrogen (secondary N) is 1. The minimum absolute atomic E-state index is 0.206. The van der Waals surface area contributed by atoms with Gasteiger partial charge in [-0.3, -0.25) is 0 Å². The van der Waals surface area contributed by atoms with Gasteiger partial charge in [-0.25, -0.2) is 8.42 Å². The molecule has 17 heavy (non-hydrogen) atoms. The maximum absolute atomic E-state index is 12.2. The molecule has 0 unspecified atom stereocenters. The Kier molecular flexibility index (Phi) is 4.71. The van der Waals surface area contributed by atoms with Gasteiger partial charge in [-0.15, -0.1) is 0 Å². The second-order valence-electron chi connectivity index (χ2n) is 4.41. The molecule has 1 aromatic carbocycles. The van der Waals surface area contributed by atoms with Crippen molar-refractivity contribution in [1.29, 1.82) is 0 Å². The molecule has 0 aliphatic carbocycles. The van der Waals surface area contributed by atoms with Crippen LogP contribution in [0.1, 0.15) is 23.1 Å². The second-order valence-corrected chi connectivity index (χ2v) is 6.48. The van der Waals surface area contributed by atoms with Crippen molar-refractivity contribution in [3.8, 4) is 0 Å². The highest BCUT2D eigenvalue weighted by Crippen LogP contribution is 2.22. The summed E-state index contributed by atoms with van der Waals surface area (Å²) in [6.07, 6.45) is 0.644. The summed E-state index contributed by atoms with van der Waals surface area (Å²) in [6.45, 7) is 6.58. The van der Waals surface area contributed by atoms with Crippen molar-refractivity contribution in [3.05, 3.63) is 28.8 Å². The van der Waals surface area contributed by atoms with Crippen molar-refractivity contribution in [2.24, 2.45) is 0 Å². The summed E-state index contributed by atoms with van der Waals surface area (Å²) >= 11 is 0. The molecule has 3 nitrogen and oxygen atoms in total. The van der Waals surface area contributed by atoms with E-state index in [0.717, 1.165) is 23.2 Å². The van der Waals surface area contributed by atoms with Gasteiger partial charge in [-0.2, -0.15) is 0 Å². The van der Waals surface area contributed by atoms with Gasteiger partial charge in [0.05, 0.1) is 10.6 Å². The number of hydrogen-bond acceptors (Lipinski definition) is 3. The Balaban J connectivity index is 3.04. The highest BCUT2D eigenvalue weighted by atomic mass is 32.2. The largest absolute Gasteiger partial charge is 0.320 e. The molecular formula is C13H21NO2S. The Morgan fingerprint density at radius 3 is 2.35 bits per heavy atom. The van der Waals surface area contributed by atoms with Gasteiger partial charge in [0.25, 0.3) is 0 Å². The smallest absolute Gasteiger partial charge is 0.178 e. The lowest BCUT2D eigenvalue weighted by Crippen LogP contribution is -2.15. The van der Waals surface area contributed by atoms with Crippen LogP contribution in [0.25, 0.3) is 0 Å². The molecule has 1 rings (SSSR count). The van der Waals surface area contributed by atoms with Gasteiger partial charge in [-0.1, -0.05) is 6.07 Å². The summed E-state index contributed by atoms with van der Waals surface area (Å²) in [5.41, 5.74) is 3.09. The van der Waals surface area contributed by atoms with E-state index >= 15 is 0 Å². The van der Waals surface area contributed by atoms with E-state index in [9.17, 15) is 8.42 Å². The molecule has 0 fully saturated rings. The fourth-order valence-electron chi connectivity index (χ4n) is 1.82. The van der Waals surface area contributed by atoms with E-state index in [1.165, 1.54) is 0 Å². The first-order valence-corrected chi connectivity index (χ1v) is 7.49. The maximum atomic E-state index is 12.2. The molecule has 0 saturated heterocycles. The Hall–Kier alpha value is -0.870. The van der Waals surface area contributed by atoms with Gasteiger partial charge in [0, 0.05) is 0 Å². The summed E-state index contributed by atoms with van der Waals surface area (Å²) in [5, 5.41) is 2.96. The van der Waals surface area contributed by atoms with Gasteiger partial charge in [0.1, 0.15) is 0 Å². The van der Waals surface area contributed by atoms with Crippen LogP contribution in [0.2, 0.25) is 0 Å². The average molecular weight is 255 g/mol. The zero-order chi connectivity index (χ0) is 13.1. The molecular weight excluding hydrogens is 234 g/mol. The lowest BCUT2D eigenvalue weighted by atomic mass is 10.1. The van der Waals surface area contributed by atoms with Crippen LogP contribution in [0.3, 0.4) is 0 Å². The first-order valence-electron chi connectivity index (χ1n) is 5.84. The van der Waals surface area contributed by atoms with Gasteiger partial charge in [0.15, 0.2) is 9.84 Å². The van der Waals surface area contributed by atoms with Crippen molar-refractivity contribution in [2.45, 2.75) is 32.1 Å². The quantitative estimate of drug-likeness (QED) is 0.819. The van der Waals surface area contributed by atoms with E-state index in [1.54, 1.807) is 6.07 Å². The fraction of sp³-hybridized carbons (Fsp3) is 0.538. The first-order chi connectivity index (χ1) is 7.90. The van der Waals surface area contributed by atoms with Crippen LogP contribution in [0.5, 0.6) is 0 Å². The van der Waals surface area contributed by atoms with E-state index in [2.05, 4.69) is 5.32 Å². The monoisotopic (exact) mass is 255 g/mol. The van der Waals surface area contributed by atoms with Crippen molar-refractivity contribution < 1.29 is 8.42 Å². The van der Waals surface area contributed by atoms with Crippen LogP contribution in [0.15, 0.2) is 17.0 Å². The van der Waals surface area contributed by atoms with Gasteiger partial charge < -0.3 is 5.32 Å². The third kappa shape index (κ3) is 3.30. The van der Waals surface area contributed by atoms with Gasteiger partial charge in [0.2, 0.25) is 0 Å². The lowest BCUT2D eigenvalue weighted by molar-refractivity contribution is 0.591. The van der Waals surface area contributed by atoms with E-state index < -0.39 is 9.84 Å². The van der Waals surface area contributed by atoms with Gasteiger partial charge in [-0.05, 0) is 63.5 Å². The van der Waals surface area contributed by atoms with Crippen LogP contribution in [-0.4, -0.2) is 27.8 Å². The van der Waals surface area contributed by atoms with E-state index in [1.807, 2.05) is 33.9 Å². The van der Waals surface area contributed by atoms with Crippen LogP contribution in [0.4, 0.5) is 0 Å². The highest BCUT2D eigenvalue weighted by Gasteiger charge is 2.17. The van der Waals surface area contributed by atoms with Gasteiger partial charge >= 0.3 is 0 Å². The summed E-state index contributed by atoms with van der Waals surface area (Å²) in [6, 6.07) is 3.61. The normalized spacial score (nSPS) is 11.8. The number of sulfone groups is 1. The Morgan fingerprint density at radius 2 is 1.76 bits per heavy atom. The number of hydrogen-bond donors (Lipinski definition) is 1. The first kappa shape index (κ1) is 14.2. The molecule has 96 valence electrons. The third-order valence-electron chi connectivity index (χ3n) is 3.18. The molecule has 0 spiro atoms. The third-order valence-corrected chi connectivity index (χ3v) is 5.12. The van der Waals surface area contributed by atoms with Crippen LogP contribution in [-0.2, 0) is 9.84 Å². The van der Waals surface area contributed by atoms with Crippen LogP contribution in [0, 0.1) is 20.8 Å². The van der Waals surface area contributed by atoms with Crippen LogP contribution >= 0.6 is 0 Å². The molecule has 0 atom stereocenters. The van der Waals surface area contributed by atoms with E-state index in [0.29, 0.717) is 11.3 Å². The molecule has 0 radical (unpaired) electrons. The van der Waals surface area contributed by atoms with E-state index in [-0.39, 0.29) is 5.75 Å². The van der Waals surface area contributed by atoms with Crippen molar-refractivity contribution in [3.63, 3.8) is 0 Å². The van der Waals surface area contributed by atoms with E-state index in [4.69, 9.17) is 0 Å². The SMILES string of the molecule is CNCCCS(=O)(=O)c1ccc(C)c(C)c1C. The molecule has 0 saturated carbocycles. The molecule has 0 aromatic heterocycles. The molecule has 4 heteroatoms. The maximum Gasteiger partial charge on any atom is 0.178 e. The molecule has 0 aliphatic heterocycles. The predicted molar refractivity (Wildman–Crippen MR) is 71.2 cm³/mol. The molecule has 0 heterocycles. The summed E-state index contributed by atoms with van der Waals surface area (Å²) in [5.74, 6) is 0.206. The van der Waals surface area contributed by atoms with Crippen LogP contribution < -0.4 is 5.32 Å². The molecule has 1 N–H and O–H groups in total. The average Bonchev–Trinajstić information content (AvgIpc) is 2.26. The second kappa shape index (κ2) is 5.65. The Morgan fingerprint density at radius 1 is 1.12 bits per heavy atom. The van der Waals surface area contributed by atoms with Crippen molar-refractivity contribution in [2.75, 3.05) is 19.3 Å². The zero-order valence-corrected chi connectivity index (χ0v) is 11.8. The van der Waals surface area contributed by atoms with Crippen molar-refractivity contribution in [1.82, 2.24) is 5.32 Å². The minimum atomic E-state index is -3.14. The molecule has 0 amide bonds. The number of aryl methyl sites for hydroxylation is 1. The topological polar surface area (TPSA) is 46.2 Å². The highest BCUT2D eigenvalue weighted by molar-refractivity contribution is 7.91. The molecule has 0 aliphatic rings. The standard InChI is InChI=1S/C13H21NO2S/c1-10-6-7-13(12(3)11(10)2)17(15,16)9-5-8-14-4/h6-7,14H,5,8-9H2,1-4H3. The molecule has 1 aromatic rings. The molecule has 0 bridgehead atoms. The zero-order valence-electron chi connectivity index (χ0n) is 11.0. The summed E-state index contributed by atoms with van der Waals surface area (Å²) < 4.78 is 24.3. The summed E-state index contributed by atoms with van der Waals surface area (Å²) in [4.78, 5) is 0.483.